The van der Waals surface area contributed by atoms with E-state index in [1.54, 1.807) is 24.3 Å². The van der Waals surface area contributed by atoms with E-state index in [-0.39, 0.29) is 17.0 Å². The molecule has 17 heavy (non-hydrogen) atoms. The summed E-state index contributed by atoms with van der Waals surface area (Å²) in [5, 5.41) is 17.7. The molecule has 0 aliphatic heterocycles. The molecule has 0 aliphatic rings. The number of aliphatic hydroxyl groups excluding tert-OH is 1. The molecule has 0 saturated heterocycles. The maximum absolute atomic E-state index is 11.5. The summed E-state index contributed by atoms with van der Waals surface area (Å²) in [5.41, 5.74) is 0.00557. The number of allylic oxidation sites excluding steroid dienone is 1. The predicted molar refractivity (Wildman–Crippen MR) is 65.6 cm³/mol. The van der Waals surface area contributed by atoms with Crippen LogP contribution in [0.5, 0.6) is 0 Å². The van der Waals surface area contributed by atoms with E-state index in [1.807, 2.05) is 0 Å². The van der Waals surface area contributed by atoms with Crippen molar-refractivity contribution in [1.29, 1.82) is 5.41 Å². The summed E-state index contributed by atoms with van der Waals surface area (Å²) in [4.78, 5) is 11.5. The fourth-order valence-electron chi connectivity index (χ4n) is 1.33. The number of esters is 1. The number of methoxy groups -OCH3 is 1. The highest BCUT2D eigenvalue weighted by atomic mass is 35.5. The minimum absolute atomic E-state index is 0.164. The molecule has 4 nitrogen and oxygen atoms in total. The summed E-state index contributed by atoms with van der Waals surface area (Å²) in [6.07, 6.45) is 0. The maximum Gasteiger partial charge on any atom is 0.343 e. The molecule has 0 aliphatic carbocycles. The molecule has 90 valence electrons. The van der Waals surface area contributed by atoms with Gasteiger partial charge in [-0.1, -0.05) is 29.8 Å². The summed E-state index contributed by atoms with van der Waals surface area (Å²) < 4.78 is 4.52. The van der Waals surface area contributed by atoms with E-state index in [4.69, 9.17) is 17.0 Å². The summed E-state index contributed by atoms with van der Waals surface area (Å²) in [5.74, 6) is -1.04. The number of nitrogens with one attached hydrogen (secondary N) is 1. The molecule has 0 unspecified atom stereocenters. The number of benzene rings is 1. The Bertz CT molecular complexity index is 490. The smallest absolute Gasteiger partial charge is 0.343 e. The van der Waals surface area contributed by atoms with Gasteiger partial charge in [-0.15, -0.1) is 0 Å². The molecule has 1 aromatic carbocycles. The van der Waals surface area contributed by atoms with E-state index >= 15 is 0 Å². The minimum Gasteiger partial charge on any atom is -0.512 e. The number of halogens is 1. The van der Waals surface area contributed by atoms with Crippen molar-refractivity contribution >= 4 is 23.3 Å². The molecule has 0 spiro atoms. The van der Waals surface area contributed by atoms with Crippen molar-refractivity contribution < 1.29 is 14.6 Å². The van der Waals surface area contributed by atoms with Gasteiger partial charge in [-0.3, -0.25) is 5.41 Å². The van der Waals surface area contributed by atoms with E-state index in [9.17, 15) is 9.90 Å². The fourth-order valence-corrected chi connectivity index (χ4v) is 1.56. The Hall–Kier alpha value is -1.81. The molecule has 0 heterocycles. The third-order valence-electron chi connectivity index (χ3n) is 2.14. The third kappa shape index (κ3) is 2.85. The number of carbonyl (C=O) groups excluding carboxylic acids is 1. The summed E-state index contributed by atoms with van der Waals surface area (Å²) >= 11 is 5.92. The maximum atomic E-state index is 11.5. The monoisotopic (exact) mass is 253 g/mol. The molecule has 5 heteroatoms. The largest absolute Gasteiger partial charge is 0.512 e. The second kappa shape index (κ2) is 5.50. The molecule has 0 aromatic heterocycles. The zero-order chi connectivity index (χ0) is 13.0. The molecule has 0 radical (unpaired) electrons. The summed E-state index contributed by atoms with van der Waals surface area (Å²) in [6, 6.07) is 6.60. The molecule has 0 atom stereocenters. The zero-order valence-corrected chi connectivity index (χ0v) is 10.2. The van der Waals surface area contributed by atoms with Gasteiger partial charge in [-0.2, -0.15) is 0 Å². The van der Waals surface area contributed by atoms with Crippen molar-refractivity contribution in [1.82, 2.24) is 0 Å². The van der Waals surface area contributed by atoms with Crippen molar-refractivity contribution in [3.05, 3.63) is 46.2 Å². The second-order valence-electron chi connectivity index (χ2n) is 3.31. The molecule has 0 bridgehead atoms. The van der Waals surface area contributed by atoms with Crippen LogP contribution in [-0.2, 0) is 9.53 Å². The van der Waals surface area contributed by atoms with Gasteiger partial charge in [-0.05, 0) is 13.0 Å². The van der Waals surface area contributed by atoms with Gasteiger partial charge in [0.15, 0.2) is 0 Å². The number of hydrogen-bond acceptors (Lipinski definition) is 4. The predicted octanol–water partition coefficient (Wildman–Crippen LogP) is 2.71. The van der Waals surface area contributed by atoms with Gasteiger partial charge < -0.3 is 9.84 Å². The van der Waals surface area contributed by atoms with Crippen LogP contribution in [-0.4, -0.2) is 23.9 Å². The molecule has 1 aromatic rings. The molecular weight excluding hydrogens is 242 g/mol. The van der Waals surface area contributed by atoms with Crippen molar-refractivity contribution in [3.63, 3.8) is 0 Å². The van der Waals surface area contributed by atoms with Crippen LogP contribution in [0.1, 0.15) is 12.5 Å². The Labute approximate surface area is 104 Å². The van der Waals surface area contributed by atoms with Crippen LogP contribution < -0.4 is 0 Å². The molecule has 1 rings (SSSR count). The first-order valence-corrected chi connectivity index (χ1v) is 5.18. The number of rotatable bonds is 3. The fraction of sp³-hybridized carbons (Fsp3) is 0.167. The lowest BCUT2D eigenvalue weighted by atomic mass is 10.0. The normalized spacial score (nSPS) is 11.7. The summed E-state index contributed by atoms with van der Waals surface area (Å²) in [7, 11) is 1.19. The van der Waals surface area contributed by atoms with Crippen LogP contribution in [0, 0.1) is 5.41 Å². The number of hydrogen-bond donors (Lipinski definition) is 2. The van der Waals surface area contributed by atoms with E-state index in [0.717, 1.165) is 0 Å². The Balaban J connectivity index is 3.25. The van der Waals surface area contributed by atoms with Gasteiger partial charge in [0.2, 0.25) is 0 Å². The lowest BCUT2D eigenvalue weighted by Crippen LogP contribution is -2.17. The summed E-state index contributed by atoms with van der Waals surface area (Å²) in [6.45, 7) is 1.32. The molecular formula is C12H12ClNO3. The van der Waals surface area contributed by atoms with Crippen molar-refractivity contribution in [2.45, 2.75) is 6.92 Å². The van der Waals surface area contributed by atoms with Crippen LogP contribution in [0.3, 0.4) is 0 Å². The molecule has 0 amide bonds. The van der Waals surface area contributed by atoms with Crippen LogP contribution in [0.25, 0.3) is 0 Å². The molecule has 0 fully saturated rings. The first-order valence-electron chi connectivity index (χ1n) is 4.81. The number of aliphatic hydroxyl groups is 1. The first kappa shape index (κ1) is 13.3. The van der Waals surface area contributed by atoms with Gasteiger partial charge in [0.1, 0.15) is 11.3 Å². The number of carbonyl (C=O) groups is 1. The van der Waals surface area contributed by atoms with Crippen LogP contribution >= 0.6 is 11.6 Å². The van der Waals surface area contributed by atoms with E-state index in [2.05, 4.69) is 4.74 Å². The average Bonchev–Trinajstić information content (AvgIpc) is 2.28. The highest BCUT2D eigenvalue weighted by molar-refractivity contribution is 6.37. The lowest BCUT2D eigenvalue weighted by molar-refractivity contribution is -0.135. The molecule has 0 saturated carbocycles. The van der Waals surface area contributed by atoms with Crippen molar-refractivity contribution in [2.24, 2.45) is 0 Å². The minimum atomic E-state index is -0.769. The van der Waals surface area contributed by atoms with Crippen molar-refractivity contribution in [3.8, 4) is 0 Å². The van der Waals surface area contributed by atoms with E-state index < -0.39 is 5.97 Å². The SMILES string of the molecule is COC(=O)/C(C(=N)c1ccccc1Cl)=C(/C)O. The van der Waals surface area contributed by atoms with Gasteiger partial charge in [0.05, 0.1) is 12.8 Å². The lowest BCUT2D eigenvalue weighted by Gasteiger charge is -2.09. The van der Waals surface area contributed by atoms with Crippen molar-refractivity contribution in [2.75, 3.05) is 7.11 Å². The second-order valence-corrected chi connectivity index (χ2v) is 3.71. The zero-order valence-electron chi connectivity index (χ0n) is 9.45. The van der Waals surface area contributed by atoms with E-state index in [0.29, 0.717) is 10.6 Å². The van der Waals surface area contributed by atoms with Crippen LogP contribution in [0.2, 0.25) is 5.02 Å². The quantitative estimate of drug-likeness (QED) is 0.377. The number of ether oxygens (including phenoxy) is 1. The third-order valence-corrected chi connectivity index (χ3v) is 2.47. The first-order chi connectivity index (χ1) is 7.99. The van der Waals surface area contributed by atoms with E-state index in [1.165, 1.54) is 14.0 Å². The van der Waals surface area contributed by atoms with Gasteiger partial charge in [-0.25, -0.2) is 4.79 Å². The van der Waals surface area contributed by atoms with Gasteiger partial charge >= 0.3 is 5.97 Å². The average molecular weight is 254 g/mol. The Kier molecular flexibility index (Phi) is 4.29. The molecule has 2 N–H and O–H groups in total. The van der Waals surface area contributed by atoms with Crippen LogP contribution in [0.4, 0.5) is 0 Å². The van der Waals surface area contributed by atoms with Crippen LogP contribution in [0.15, 0.2) is 35.6 Å². The van der Waals surface area contributed by atoms with Gasteiger partial charge in [0, 0.05) is 10.6 Å². The highest BCUT2D eigenvalue weighted by Crippen LogP contribution is 2.20. The Morgan fingerprint density at radius 2 is 2.00 bits per heavy atom. The Morgan fingerprint density at radius 1 is 1.41 bits per heavy atom. The topological polar surface area (TPSA) is 70.4 Å². The van der Waals surface area contributed by atoms with Gasteiger partial charge in [0.25, 0.3) is 0 Å². The Morgan fingerprint density at radius 3 is 2.47 bits per heavy atom. The standard InChI is InChI=1S/C12H12ClNO3/c1-7(15)10(12(16)17-2)11(14)8-5-3-4-6-9(8)13/h3-6,14-15H,1-2H3/b10-7-,14-11?. The highest BCUT2D eigenvalue weighted by Gasteiger charge is 2.21.